The van der Waals surface area contributed by atoms with Gasteiger partial charge in [-0.2, -0.15) is 5.10 Å². The highest BCUT2D eigenvalue weighted by atomic mass is 32.1. The predicted molar refractivity (Wildman–Crippen MR) is 69.6 cm³/mol. The van der Waals surface area contributed by atoms with Crippen molar-refractivity contribution in [1.29, 1.82) is 0 Å². The highest BCUT2D eigenvalue weighted by Gasteiger charge is 2.10. The Morgan fingerprint density at radius 3 is 3.11 bits per heavy atom. The van der Waals surface area contributed by atoms with E-state index in [0.29, 0.717) is 4.88 Å². The van der Waals surface area contributed by atoms with E-state index >= 15 is 0 Å². The summed E-state index contributed by atoms with van der Waals surface area (Å²) in [5, 5.41) is 12.9. The molecular weight excluding hydrogens is 250 g/mol. The van der Waals surface area contributed by atoms with Crippen LogP contribution in [0, 0.1) is 0 Å². The van der Waals surface area contributed by atoms with E-state index in [-0.39, 0.29) is 0 Å². The summed E-state index contributed by atoms with van der Waals surface area (Å²) in [5.74, 6) is -0.500. The Morgan fingerprint density at radius 2 is 2.39 bits per heavy atom. The van der Waals surface area contributed by atoms with Gasteiger partial charge in [-0.05, 0) is 25.1 Å². The molecular formula is C12H13N3O2S. The lowest BCUT2D eigenvalue weighted by Crippen LogP contribution is -2.16. The molecule has 0 aromatic carbocycles. The number of thiophene rings is 1. The Balaban J connectivity index is 2.18. The number of aromatic nitrogens is 2. The van der Waals surface area contributed by atoms with Crippen molar-refractivity contribution in [3.8, 4) is 10.6 Å². The first-order valence-electron chi connectivity index (χ1n) is 5.44. The summed E-state index contributed by atoms with van der Waals surface area (Å²) >= 11 is 1.29. The van der Waals surface area contributed by atoms with Crippen molar-refractivity contribution < 1.29 is 10.0 Å². The third-order valence-corrected chi connectivity index (χ3v) is 3.46. The summed E-state index contributed by atoms with van der Waals surface area (Å²) in [6.45, 7) is 2.69. The minimum atomic E-state index is -0.500. The second-order valence-corrected chi connectivity index (χ2v) is 4.68. The number of hydroxylamine groups is 1. The lowest BCUT2D eigenvalue weighted by molar-refractivity contribution is 0.0711. The van der Waals surface area contributed by atoms with Crippen molar-refractivity contribution >= 4 is 17.2 Å². The quantitative estimate of drug-likeness (QED) is 0.505. The van der Waals surface area contributed by atoms with E-state index in [1.54, 1.807) is 11.5 Å². The summed E-state index contributed by atoms with van der Waals surface area (Å²) in [6, 6.07) is 5.38. The number of amides is 1. The van der Waals surface area contributed by atoms with Crippen LogP contribution >= 0.6 is 11.3 Å². The molecule has 0 aliphatic carbocycles. The number of rotatable bonds is 4. The number of allylic oxidation sites excluding steroid dienone is 2. The van der Waals surface area contributed by atoms with Crippen molar-refractivity contribution in [2.75, 3.05) is 0 Å². The third kappa shape index (κ3) is 2.66. The molecule has 6 heteroatoms. The second-order valence-electron chi connectivity index (χ2n) is 3.60. The van der Waals surface area contributed by atoms with Crippen LogP contribution in [-0.2, 0) is 6.54 Å². The normalized spacial score (nSPS) is 11.0. The average Bonchev–Trinajstić information content (AvgIpc) is 3.03. The Hall–Kier alpha value is -1.92. The molecule has 0 bridgehead atoms. The smallest absolute Gasteiger partial charge is 0.284 e. The summed E-state index contributed by atoms with van der Waals surface area (Å²) in [4.78, 5) is 12.6. The van der Waals surface area contributed by atoms with Gasteiger partial charge in [0.25, 0.3) is 5.91 Å². The van der Waals surface area contributed by atoms with Crippen LogP contribution in [0.5, 0.6) is 0 Å². The Morgan fingerprint density at radius 1 is 1.56 bits per heavy atom. The van der Waals surface area contributed by atoms with Gasteiger partial charge in [-0.25, -0.2) is 5.48 Å². The monoisotopic (exact) mass is 263 g/mol. The zero-order valence-electron chi connectivity index (χ0n) is 9.83. The van der Waals surface area contributed by atoms with E-state index in [0.717, 1.165) is 17.1 Å². The minimum absolute atomic E-state index is 0.454. The van der Waals surface area contributed by atoms with Crippen LogP contribution in [0.4, 0.5) is 0 Å². The molecule has 2 heterocycles. The summed E-state index contributed by atoms with van der Waals surface area (Å²) in [7, 11) is 0. The van der Waals surface area contributed by atoms with Crippen molar-refractivity contribution in [3.05, 3.63) is 41.4 Å². The molecule has 0 unspecified atom stereocenters. The molecule has 5 nitrogen and oxygen atoms in total. The van der Waals surface area contributed by atoms with E-state index < -0.39 is 5.91 Å². The van der Waals surface area contributed by atoms with Gasteiger partial charge in [0.05, 0.1) is 16.3 Å². The van der Waals surface area contributed by atoms with Crippen LogP contribution in [0.1, 0.15) is 16.6 Å². The molecule has 2 aromatic heterocycles. The predicted octanol–water partition coefficient (Wildman–Crippen LogP) is 2.31. The zero-order valence-corrected chi connectivity index (χ0v) is 10.6. The van der Waals surface area contributed by atoms with Gasteiger partial charge in [0.1, 0.15) is 5.69 Å². The van der Waals surface area contributed by atoms with Gasteiger partial charge >= 0.3 is 0 Å². The SMILES string of the molecule is C/C=C/Cn1ccc(-c2ccc(C(=O)NO)s2)n1. The molecule has 0 spiro atoms. The first-order valence-corrected chi connectivity index (χ1v) is 6.25. The van der Waals surface area contributed by atoms with Crippen molar-refractivity contribution in [1.82, 2.24) is 15.3 Å². The molecule has 0 aliphatic rings. The van der Waals surface area contributed by atoms with Gasteiger partial charge in [-0.15, -0.1) is 11.3 Å². The van der Waals surface area contributed by atoms with Gasteiger partial charge in [-0.3, -0.25) is 14.7 Å². The molecule has 2 aromatic rings. The van der Waals surface area contributed by atoms with Crippen LogP contribution in [-0.4, -0.2) is 20.9 Å². The molecule has 0 saturated heterocycles. The van der Waals surface area contributed by atoms with Crippen LogP contribution < -0.4 is 5.48 Å². The highest BCUT2D eigenvalue weighted by Crippen LogP contribution is 2.26. The van der Waals surface area contributed by atoms with Gasteiger partial charge in [0, 0.05) is 6.20 Å². The first-order chi connectivity index (χ1) is 8.74. The largest absolute Gasteiger partial charge is 0.288 e. The molecule has 0 fully saturated rings. The molecule has 0 saturated carbocycles. The van der Waals surface area contributed by atoms with E-state index in [9.17, 15) is 4.79 Å². The molecule has 0 radical (unpaired) electrons. The maximum atomic E-state index is 11.2. The van der Waals surface area contributed by atoms with Crippen molar-refractivity contribution in [3.63, 3.8) is 0 Å². The van der Waals surface area contributed by atoms with Crippen LogP contribution in [0.3, 0.4) is 0 Å². The zero-order chi connectivity index (χ0) is 13.0. The highest BCUT2D eigenvalue weighted by molar-refractivity contribution is 7.17. The maximum absolute atomic E-state index is 11.2. The fourth-order valence-electron chi connectivity index (χ4n) is 1.46. The third-order valence-electron chi connectivity index (χ3n) is 2.35. The topological polar surface area (TPSA) is 67.2 Å². The van der Waals surface area contributed by atoms with Gasteiger partial charge in [-0.1, -0.05) is 12.2 Å². The van der Waals surface area contributed by atoms with E-state index in [2.05, 4.69) is 5.10 Å². The number of nitrogens with zero attached hydrogens (tertiary/aromatic N) is 2. The number of hydrogen-bond acceptors (Lipinski definition) is 4. The number of carbonyl (C=O) groups is 1. The van der Waals surface area contributed by atoms with Crippen molar-refractivity contribution in [2.24, 2.45) is 0 Å². The lowest BCUT2D eigenvalue weighted by atomic mass is 10.3. The average molecular weight is 263 g/mol. The second kappa shape index (κ2) is 5.61. The van der Waals surface area contributed by atoms with E-state index in [1.807, 2.05) is 42.1 Å². The van der Waals surface area contributed by atoms with Crippen LogP contribution in [0.25, 0.3) is 10.6 Å². The Labute approximate surface area is 108 Å². The fourth-order valence-corrected chi connectivity index (χ4v) is 2.32. The van der Waals surface area contributed by atoms with Crippen LogP contribution in [0.15, 0.2) is 36.5 Å². The van der Waals surface area contributed by atoms with Crippen LogP contribution in [0.2, 0.25) is 0 Å². The van der Waals surface area contributed by atoms with E-state index in [4.69, 9.17) is 5.21 Å². The molecule has 2 N–H and O–H groups in total. The Bertz CT molecular complexity index is 571. The van der Waals surface area contributed by atoms with E-state index in [1.165, 1.54) is 11.3 Å². The van der Waals surface area contributed by atoms with Gasteiger partial charge in [0.15, 0.2) is 0 Å². The molecule has 94 valence electrons. The maximum Gasteiger partial charge on any atom is 0.284 e. The minimum Gasteiger partial charge on any atom is -0.288 e. The number of nitrogens with one attached hydrogen (secondary N) is 1. The molecule has 0 aliphatic heterocycles. The lowest BCUT2D eigenvalue weighted by Gasteiger charge is -1.94. The van der Waals surface area contributed by atoms with Gasteiger partial charge < -0.3 is 0 Å². The molecule has 18 heavy (non-hydrogen) atoms. The molecule has 0 atom stereocenters. The summed E-state index contributed by atoms with van der Waals surface area (Å²) < 4.78 is 1.82. The van der Waals surface area contributed by atoms with Crippen molar-refractivity contribution in [2.45, 2.75) is 13.5 Å². The summed E-state index contributed by atoms with van der Waals surface area (Å²) in [5.41, 5.74) is 2.44. The summed E-state index contributed by atoms with van der Waals surface area (Å²) in [6.07, 6.45) is 5.87. The number of hydrogen-bond donors (Lipinski definition) is 2. The fraction of sp³-hybridized carbons (Fsp3) is 0.167. The van der Waals surface area contributed by atoms with Gasteiger partial charge in [0.2, 0.25) is 0 Å². The Kier molecular flexibility index (Phi) is 3.91. The molecule has 1 amide bonds. The standard InChI is InChI=1S/C12H13N3O2S/c1-2-3-7-15-8-6-9(13-15)10-4-5-11(18-10)12(16)14-17/h2-6,8,17H,7H2,1H3,(H,14,16)/b3-2+. The first kappa shape index (κ1) is 12.5. The number of carbonyl (C=O) groups excluding carboxylic acids is 1. The molecule has 2 rings (SSSR count).